The van der Waals surface area contributed by atoms with Crippen molar-refractivity contribution in [2.24, 2.45) is 0 Å². The first kappa shape index (κ1) is 14.9. The quantitative estimate of drug-likeness (QED) is 0.774. The van der Waals surface area contributed by atoms with E-state index >= 15 is 0 Å². The van der Waals surface area contributed by atoms with Gasteiger partial charge >= 0.3 is 0 Å². The van der Waals surface area contributed by atoms with Gasteiger partial charge in [-0.3, -0.25) is 9.78 Å². The van der Waals surface area contributed by atoms with Crippen molar-refractivity contribution in [3.05, 3.63) is 76.1 Å². The van der Waals surface area contributed by atoms with E-state index in [1.165, 1.54) is 6.07 Å². The second-order valence-corrected chi connectivity index (χ2v) is 5.10. The molecule has 23 heavy (non-hydrogen) atoms. The van der Waals surface area contributed by atoms with E-state index in [0.717, 1.165) is 29.3 Å². The number of halogens is 2. The van der Waals surface area contributed by atoms with Gasteiger partial charge in [0.1, 0.15) is 11.6 Å². The molecule has 116 valence electrons. The number of aromatic nitrogens is 2. The zero-order chi connectivity index (χ0) is 16.4. The van der Waals surface area contributed by atoms with Crippen LogP contribution in [-0.4, -0.2) is 9.97 Å². The molecule has 0 atom stereocenters. The Balaban J connectivity index is 2.01. The maximum absolute atomic E-state index is 13.7. The van der Waals surface area contributed by atoms with Gasteiger partial charge in [0, 0.05) is 17.7 Å². The molecule has 0 radical (unpaired) electrons. The van der Waals surface area contributed by atoms with E-state index in [-0.39, 0.29) is 11.6 Å². The van der Waals surface area contributed by atoms with Gasteiger partial charge in [0.25, 0.3) is 5.56 Å². The summed E-state index contributed by atoms with van der Waals surface area (Å²) in [7, 11) is 0. The van der Waals surface area contributed by atoms with E-state index in [1.54, 1.807) is 0 Å². The molecule has 0 saturated carbocycles. The van der Waals surface area contributed by atoms with Crippen LogP contribution >= 0.6 is 0 Å². The Morgan fingerprint density at radius 3 is 2.70 bits per heavy atom. The van der Waals surface area contributed by atoms with Crippen molar-refractivity contribution in [1.82, 2.24) is 9.97 Å². The van der Waals surface area contributed by atoms with Gasteiger partial charge in [-0.2, -0.15) is 0 Å². The molecule has 0 unspecified atom stereocenters. The van der Waals surface area contributed by atoms with Crippen LogP contribution in [0, 0.1) is 18.6 Å². The third-order valence-electron chi connectivity index (χ3n) is 3.24. The minimum Gasteiger partial charge on any atom is -0.323 e. The predicted octanol–water partition coefficient (Wildman–Crippen LogP) is 3.77. The fourth-order valence-electron chi connectivity index (χ4n) is 2.19. The van der Waals surface area contributed by atoms with Crippen LogP contribution in [0.1, 0.15) is 5.56 Å². The summed E-state index contributed by atoms with van der Waals surface area (Å²) in [6.07, 6.45) is 0. The van der Waals surface area contributed by atoms with E-state index < -0.39 is 17.2 Å². The summed E-state index contributed by atoms with van der Waals surface area (Å²) in [6.45, 7) is 1.93. The molecule has 2 aromatic carbocycles. The summed E-state index contributed by atoms with van der Waals surface area (Å²) in [5.41, 5.74) is 1.73. The monoisotopic (exact) mass is 313 g/mol. The normalized spacial score (nSPS) is 10.6. The van der Waals surface area contributed by atoms with Crippen LogP contribution in [0.3, 0.4) is 0 Å². The Kier molecular flexibility index (Phi) is 3.89. The Hall–Kier alpha value is -3.02. The van der Waals surface area contributed by atoms with Gasteiger partial charge in [0.05, 0.1) is 11.4 Å². The lowest BCUT2D eigenvalue weighted by Gasteiger charge is -2.08. The van der Waals surface area contributed by atoms with E-state index in [2.05, 4.69) is 15.3 Å². The first-order valence-electron chi connectivity index (χ1n) is 6.92. The highest BCUT2D eigenvalue weighted by Crippen LogP contribution is 2.21. The van der Waals surface area contributed by atoms with Crippen molar-refractivity contribution >= 4 is 11.6 Å². The van der Waals surface area contributed by atoms with E-state index in [0.29, 0.717) is 5.69 Å². The number of aromatic amines is 1. The third-order valence-corrected chi connectivity index (χ3v) is 3.24. The lowest BCUT2D eigenvalue weighted by molar-refractivity contribution is 0.603. The summed E-state index contributed by atoms with van der Waals surface area (Å²) in [5, 5.41) is 2.60. The van der Waals surface area contributed by atoms with Crippen LogP contribution in [0.5, 0.6) is 0 Å². The molecule has 0 aliphatic carbocycles. The first-order chi connectivity index (χ1) is 11.0. The fourth-order valence-corrected chi connectivity index (χ4v) is 2.19. The predicted molar refractivity (Wildman–Crippen MR) is 84.7 cm³/mol. The topological polar surface area (TPSA) is 57.8 Å². The van der Waals surface area contributed by atoms with Crippen LogP contribution < -0.4 is 10.9 Å². The molecule has 0 amide bonds. The van der Waals surface area contributed by atoms with Gasteiger partial charge in [0.2, 0.25) is 5.95 Å². The van der Waals surface area contributed by atoms with Crippen LogP contribution in [0.15, 0.2) is 53.3 Å². The van der Waals surface area contributed by atoms with Crippen molar-refractivity contribution in [3.8, 4) is 11.3 Å². The molecule has 2 N–H and O–H groups in total. The van der Waals surface area contributed by atoms with Crippen LogP contribution in [0.25, 0.3) is 11.3 Å². The molecule has 0 spiro atoms. The van der Waals surface area contributed by atoms with Crippen LogP contribution in [0.4, 0.5) is 20.4 Å². The number of anilines is 2. The molecule has 0 aliphatic heterocycles. The highest BCUT2D eigenvalue weighted by molar-refractivity contribution is 5.62. The molecular formula is C17H13F2N3O. The average molecular weight is 313 g/mol. The molecule has 3 aromatic rings. The average Bonchev–Trinajstić information content (AvgIpc) is 2.50. The second kappa shape index (κ2) is 6.00. The maximum Gasteiger partial charge on any atom is 0.252 e. The summed E-state index contributed by atoms with van der Waals surface area (Å²) in [5.74, 6) is -1.19. The number of hydrogen-bond donors (Lipinski definition) is 2. The number of benzene rings is 2. The Morgan fingerprint density at radius 1 is 1.09 bits per heavy atom. The Morgan fingerprint density at radius 2 is 1.91 bits per heavy atom. The molecule has 0 aliphatic rings. The number of rotatable bonds is 3. The zero-order valence-electron chi connectivity index (χ0n) is 12.2. The molecule has 0 fully saturated rings. The number of nitrogens with zero attached hydrogens (tertiary/aromatic N) is 1. The van der Waals surface area contributed by atoms with Crippen molar-refractivity contribution in [2.45, 2.75) is 6.92 Å². The van der Waals surface area contributed by atoms with Gasteiger partial charge < -0.3 is 5.32 Å². The van der Waals surface area contributed by atoms with E-state index in [4.69, 9.17) is 0 Å². The van der Waals surface area contributed by atoms with E-state index in [1.807, 2.05) is 31.2 Å². The number of aryl methyl sites for hydroxylation is 1. The number of hydrogen-bond acceptors (Lipinski definition) is 3. The summed E-state index contributed by atoms with van der Waals surface area (Å²) < 4.78 is 26.9. The van der Waals surface area contributed by atoms with Gasteiger partial charge in [-0.15, -0.1) is 0 Å². The molecule has 0 saturated heterocycles. The smallest absolute Gasteiger partial charge is 0.252 e. The van der Waals surface area contributed by atoms with Gasteiger partial charge in [0.15, 0.2) is 0 Å². The highest BCUT2D eigenvalue weighted by atomic mass is 19.1. The standard InChI is InChI=1S/C17H13F2N3O/c1-10-3-2-4-11(7-10)14-9-16(23)22-17(20-14)21-15-8-12(18)5-6-13(15)19/h2-9H,1H3,(H2,20,21,22,23). The summed E-state index contributed by atoms with van der Waals surface area (Å²) in [6, 6.07) is 11.8. The minimum atomic E-state index is -0.644. The first-order valence-corrected chi connectivity index (χ1v) is 6.92. The molecule has 3 rings (SSSR count). The van der Waals surface area contributed by atoms with Crippen molar-refractivity contribution in [2.75, 3.05) is 5.32 Å². The molecule has 6 heteroatoms. The minimum absolute atomic E-state index is 0.0403. The highest BCUT2D eigenvalue weighted by Gasteiger charge is 2.08. The van der Waals surface area contributed by atoms with Crippen LogP contribution in [-0.2, 0) is 0 Å². The Bertz CT molecular complexity index is 922. The Labute approximate surface area is 130 Å². The van der Waals surface area contributed by atoms with Gasteiger partial charge in [-0.05, 0) is 25.1 Å². The van der Waals surface area contributed by atoms with E-state index in [9.17, 15) is 13.6 Å². The van der Waals surface area contributed by atoms with Gasteiger partial charge in [-0.1, -0.05) is 23.8 Å². The lowest BCUT2D eigenvalue weighted by atomic mass is 10.1. The SMILES string of the molecule is Cc1cccc(-c2cc(=O)[nH]c(Nc3cc(F)ccc3F)n2)c1. The maximum atomic E-state index is 13.7. The molecule has 4 nitrogen and oxygen atoms in total. The van der Waals surface area contributed by atoms with Crippen molar-refractivity contribution in [3.63, 3.8) is 0 Å². The summed E-state index contributed by atoms with van der Waals surface area (Å²) >= 11 is 0. The largest absolute Gasteiger partial charge is 0.323 e. The second-order valence-electron chi connectivity index (χ2n) is 5.10. The summed E-state index contributed by atoms with van der Waals surface area (Å²) in [4.78, 5) is 18.5. The van der Waals surface area contributed by atoms with Gasteiger partial charge in [-0.25, -0.2) is 13.8 Å². The van der Waals surface area contributed by atoms with Crippen LogP contribution in [0.2, 0.25) is 0 Å². The third kappa shape index (κ3) is 3.42. The molecular weight excluding hydrogens is 300 g/mol. The lowest BCUT2D eigenvalue weighted by Crippen LogP contribution is -2.11. The number of nitrogens with one attached hydrogen (secondary N) is 2. The molecule has 1 aromatic heterocycles. The van der Waals surface area contributed by atoms with Crippen molar-refractivity contribution in [1.29, 1.82) is 0 Å². The zero-order valence-corrected chi connectivity index (χ0v) is 12.2. The number of H-pyrrole nitrogens is 1. The fraction of sp³-hybridized carbons (Fsp3) is 0.0588. The van der Waals surface area contributed by atoms with Crippen molar-refractivity contribution < 1.29 is 8.78 Å². The molecule has 0 bridgehead atoms. The molecule has 1 heterocycles.